The van der Waals surface area contributed by atoms with Gasteiger partial charge in [0.1, 0.15) is 24.7 Å². The molecule has 0 aliphatic rings. The van der Waals surface area contributed by atoms with Crippen LogP contribution in [0.5, 0.6) is 11.5 Å². The molecule has 0 amide bonds. The molecule has 0 fully saturated rings. The summed E-state index contributed by atoms with van der Waals surface area (Å²) in [5.74, 6) is 1.55. The first-order valence-corrected chi connectivity index (χ1v) is 12.4. The van der Waals surface area contributed by atoms with Crippen molar-refractivity contribution in [1.82, 2.24) is 0 Å². The summed E-state index contributed by atoms with van der Waals surface area (Å²) in [6.07, 6.45) is 0.981. The maximum Gasteiger partial charge on any atom is 0.122 e. The first-order valence-electron chi connectivity index (χ1n) is 12.4. The molecule has 5 heteroatoms. The van der Waals surface area contributed by atoms with Crippen LogP contribution in [0.4, 0.5) is 0 Å². The van der Waals surface area contributed by atoms with Gasteiger partial charge in [-0.1, -0.05) is 58.9 Å². The summed E-state index contributed by atoms with van der Waals surface area (Å²) < 4.78 is 11.8. The predicted molar refractivity (Wildman–Crippen MR) is 138 cm³/mol. The summed E-state index contributed by atoms with van der Waals surface area (Å²) in [6.45, 7) is 14.9. The lowest BCUT2D eigenvalue weighted by Crippen LogP contribution is -2.32. The quantitative estimate of drug-likeness (QED) is 0.390. The van der Waals surface area contributed by atoms with Gasteiger partial charge in [-0.2, -0.15) is 0 Å². The lowest BCUT2D eigenvalue weighted by molar-refractivity contribution is 0.0216. The van der Waals surface area contributed by atoms with Crippen LogP contribution in [-0.2, 0) is 5.41 Å². The van der Waals surface area contributed by atoms with Gasteiger partial charge in [-0.3, -0.25) is 0 Å². The number of aliphatic hydroxyl groups excluding tert-OH is 3. The first-order chi connectivity index (χ1) is 16.0. The van der Waals surface area contributed by atoms with Crippen molar-refractivity contribution in [1.29, 1.82) is 0 Å². The number of aliphatic hydroxyl groups is 3. The van der Waals surface area contributed by atoms with Crippen LogP contribution < -0.4 is 9.47 Å². The molecule has 0 spiro atoms. The zero-order chi connectivity index (χ0) is 25.5. The Morgan fingerprint density at radius 2 is 1.26 bits per heavy atom. The van der Waals surface area contributed by atoms with E-state index >= 15 is 0 Å². The van der Waals surface area contributed by atoms with Gasteiger partial charge in [-0.15, -0.1) is 0 Å². The van der Waals surface area contributed by atoms with Gasteiger partial charge in [0.2, 0.25) is 0 Å². The summed E-state index contributed by atoms with van der Waals surface area (Å²) in [5, 5.41) is 29.2. The lowest BCUT2D eigenvalue weighted by atomic mass is 9.70. The number of aryl methyl sites for hydroxylation is 2. The Balaban J connectivity index is 2.28. The predicted octanol–water partition coefficient (Wildman–Crippen LogP) is 5.32. The van der Waals surface area contributed by atoms with E-state index in [4.69, 9.17) is 14.6 Å². The fraction of sp³-hybridized carbons (Fsp3) is 0.586. The first kappa shape index (κ1) is 28.2. The topological polar surface area (TPSA) is 79.2 Å². The molecule has 2 rings (SSSR count). The van der Waals surface area contributed by atoms with Gasteiger partial charge >= 0.3 is 0 Å². The van der Waals surface area contributed by atoms with E-state index in [1.807, 2.05) is 39.8 Å². The van der Waals surface area contributed by atoms with Gasteiger partial charge in [0, 0.05) is 12.0 Å². The molecule has 3 N–H and O–H groups in total. The third-order valence-electron chi connectivity index (χ3n) is 6.95. The maximum absolute atomic E-state index is 10.3. The van der Waals surface area contributed by atoms with Crippen LogP contribution in [0.25, 0.3) is 0 Å². The minimum Gasteiger partial charge on any atom is -0.491 e. The number of hydrogen-bond acceptors (Lipinski definition) is 5. The van der Waals surface area contributed by atoms with Gasteiger partial charge in [0.25, 0.3) is 0 Å². The molecule has 190 valence electrons. The summed E-state index contributed by atoms with van der Waals surface area (Å²) in [5.41, 5.74) is 4.18. The molecule has 0 aliphatic heterocycles. The second-order valence-electron chi connectivity index (χ2n) is 10.4. The smallest absolute Gasteiger partial charge is 0.122 e. The van der Waals surface area contributed by atoms with Crippen molar-refractivity contribution < 1.29 is 24.8 Å². The maximum atomic E-state index is 10.3. The molecule has 0 heterocycles. The van der Waals surface area contributed by atoms with Crippen LogP contribution >= 0.6 is 0 Å². The summed E-state index contributed by atoms with van der Waals surface area (Å²) in [4.78, 5) is 0. The van der Waals surface area contributed by atoms with Crippen LogP contribution in [0.1, 0.15) is 76.1 Å². The van der Waals surface area contributed by atoms with Crippen LogP contribution in [0.2, 0.25) is 0 Å². The molecule has 2 aromatic rings. The third kappa shape index (κ3) is 6.74. The monoisotopic (exact) mass is 472 g/mol. The van der Waals surface area contributed by atoms with E-state index in [0.29, 0.717) is 6.42 Å². The van der Waals surface area contributed by atoms with Crippen molar-refractivity contribution in [3.63, 3.8) is 0 Å². The molecule has 0 aliphatic carbocycles. The van der Waals surface area contributed by atoms with E-state index in [1.165, 1.54) is 11.1 Å². The summed E-state index contributed by atoms with van der Waals surface area (Å²) >= 11 is 0. The van der Waals surface area contributed by atoms with Crippen LogP contribution in [0.3, 0.4) is 0 Å². The van der Waals surface area contributed by atoms with Crippen LogP contribution in [-0.4, -0.2) is 47.3 Å². The highest BCUT2D eigenvalue weighted by Crippen LogP contribution is 2.41. The summed E-state index contributed by atoms with van der Waals surface area (Å²) in [7, 11) is 0. The zero-order valence-electron chi connectivity index (χ0n) is 22.0. The number of rotatable bonds is 12. The minimum absolute atomic E-state index is 0.0572. The number of ether oxygens (including phenoxy) is 2. The molecule has 0 unspecified atom stereocenters. The lowest BCUT2D eigenvalue weighted by Gasteiger charge is -2.34. The SMILES string of the molecule is CCC(CC)(c1ccc(OC[C@@H](O)CCO)c(C)c1)c1ccc(OC[C@H](O)C(C)(C)C)c(C)c1. The molecular weight excluding hydrogens is 428 g/mol. The van der Waals surface area contributed by atoms with E-state index in [2.05, 4.69) is 45.0 Å². The fourth-order valence-corrected chi connectivity index (χ4v) is 4.29. The second kappa shape index (κ2) is 12.1. The van der Waals surface area contributed by atoms with E-state index in [0.717, 1.165) is 35.5 Å². The molecule has 0 saturated carbocycles. The highest BCUT2D eigenvalue weighted by molar-refractivity contribution is 5.48. The van der Waals surface area contributed by atoms with Crippen molar-refractivity contribution in [2.45, 2.75) is 85.4 Å². The molecule has 5 nitrogen and oxygen atoms in total. The van der Waals surface area contributed by atoms with E-state index < -0.39 is 12.2 Å². The average molecular weight is 473 g/mol. The Morgan fingerprint density at radius 1 is 0.794 bits per heavy atom. The Labute approximate surface area is 205 Å². The normalized spacial score (nSPS) is 14.1. The highest BCUT2D eigenvalue weighted by atomic mass is 16.5. The van der Waals surface area contributed by atoms with E-state index in [9.17, 15) is 10.2 Å². The van der Waals surface area contributed by atoms with Crippen LogP contribution in [0.15, 0.2) is 36.4 Å². The number of benzene rings is 2. The Hall–Kier alpha value is -2.08. The van der Waals surface area contributed by atoms with Gasteiger partial charge in [-0.25, -0.2) is 0 Å². The van der Waals surface area contributed by atoms with E-state index in [1.54, 1.807) is 0 Å². The molecule has 2 atom stereocenters. The van der Waals surface area contributed by atoms with Crippen molar-refractivity contribution in [3.05, 3.63) is 58.7 Å². The molecule has 2 aromatic carbocycles. The molecular formula is C29H44O5. The van der Waals surface area contributed by atoms with Gasteiger partial charge in [0.15, 0.2) is 0 Å². The van der Waals surface area contributed by atoms with Gasteiger partial charge in [0.05, 0.1) is 12.2 Å². The Kier molecular flexibility index (Phi) is 9.98. The number of hydrogen-bond donors (Lipinski definition) is 3. The molecule has 0 bridgehead atoms. The zero-order valence-corrected chi connectivity index (χ0v) is 22.0. The highest BCUT2D eigenvalue weighted by Gasteiger charge is 2.32. The second-order valence-corrected chi connectivity index (χ2v) is 10.4. The van der Waals surface area contributed by atoms with E-state index in [-0.39, 0.29) is 30.7 Å². The standard InChI is InChI=1S/C29H44O5/c1-8-29(9-2,22-10-12-25(20(3)16-22)33-18-24(31)14-15-30)23-11-13-26(21(4)17-23)34-19-27(32)28(5,6)7/h10-13,16-17,24,27,30-32H,8-9,14-15,18-19H2,1-7H3/t24-,27-/m0/s1. The van der Waals surface area contributed by atoms with Crippen LogP contribution in [0, 0.1) is 19.3 Å². The van der Waals surface area contributed by atoms with Crippen molar-refractivity contribution >= 4 is 0 Å². The minimum atomic E-state index is -0.678. The third-order valence-corrected chi connectivity index (χ3v) is 6.95. The summed E-state index contributed by atoms with van der Waals surface area (Å²) in [6, 6.07) is 12.6. The molecule has 0 aromatic heterocycles. The average Bonchev–Trinajstić information content (AvgIpc) is 2.78. The van der Waals surface area contributed by atoms with Crippen molar-refractivity contribution in [2.75, 3.05) is 19.8 Å². The fourth-order valence-electron chi connectivity index (χ4n) is 4.29. The molecule has 34 heavy (non-hydrogen) atoms. The molecule has 0 radical (unpaired) electrons. The van der Waals surface area contributed by atoms with Gasteiger partial charge < -0.3 is 24.8 Å². The Bertz CT molecular complexity index is 911. The van der Waals surface area contributed by atoms with Crippen molar-refractivity contribution in [3.8, 4) is 11.5 Å². The van der Waals surface area contributed by atoms with Crippen molar-refractivity contribution in [2.24, 2.45) is 5.41 Å². The Morgan fingerprint density at radius 3 is 1.65 bits per heavy atom. The van der Waals surface area contributed by atoms with Gasteiger partial charge in [-0.05, 0) is 72.9 Å². The largest absolute Gasteiger partial charge is 0.491 e. The molecule has 0 saturated heterocycles.